The van der Waals surface area contributed by atoms with Gasteiger partial charge in [0.05, 0.1) is 11.0 Å². The van der Waals surface area contributed by atoms with Gasteiger partial charge >= 0.3 is 0 Å². The highest BCUT2D eigenvalue weighted by Gasteiger charge is 2.07. The molecule has 1 heterocycles. The second kappa shape index (κ2) is 11.0. The van der Waals surface area contributed by atoms with E-state index in [0.29, 0.717) is 13.1 Å². The van der Waals surface area contributed by atoms with E-state index >= 15 is 0 Å². The topological polar surface area (TPSA) is 56.3 Å². The molecule has 0 radical (unpaired) electrons. The van der Waals surface area contributed by atoms with Crippen LogP contribution in [0, 0.1) is 5.82 Å². The fourth-order valence-electron chi connectivity index (χ4n) is 2.96. The van der Waals surface area contributed by atoms with E-state index in [1.807, 2.05) is 31.3 Å². The summed E-state index contributed by atoms with van der Waals surface area (Å²) in [4.78, 5) is 14.7. The number of nitrogens with one attached hydrogen (secondary N) is 2. The van der Waals surface area contributed by atoms with Crippen molar-refractivity contribution in [2.45, 2.75) is 26.3 Å². The summed E-state index contributed by atoms with van der Waals surface area (Å²) in [5.74, 6) is 1.63. The number of hydrogen-bond acceptors (Lipinski definition) is 2. The summed E-state index contributed by atoms with van der Waals surface area (Å²) in [6.07, 6.45) is 1.78. The Morgan fingerprint density at radius 3 is 2.64 bits per heavy atom. The zero-order valence-electron chi connectivity index (χ0n) is 16.3. The summed E-state index contributed by atoms with van der Waals surface area (Å²) >= 11 is 0. The second-order valence-corrected chi connectivity index (χ2v) is 6.52. The maximum Gasteiger partial charge on any atom is 0.193 e. The maximum absolute atomic E-state index is 13.1. The molecule has 3 rings (SSSR count). The van der Waals surface area contributed by atoms with Gasteiger partial charge in [0, 0.05) is 33.1 Å². The number of aryl methyl sites for hydroxylation is 1. The van der Waals surface area contributed by atoms with Crippen LogP contribution >= 0.6 is 24.0 Å². The van der Waals surface area contributed by atoms with Crippen LogP contribution in [0.25, 0.3) is 11.0 Å². The van der Waals surface area contributed by atoms with Crippen LogP contribution in [0.2, 0.25) is 0 Å². The molecule has 1 aromatic heterocycles. The standard InChI is InChI=1S/C21H26FN5.HI/c1-3-23-21(27(2)15-16-10-12-17(22)13-11-16)24-14-6-9-20-25-18-7-4-5-8-19(18)26-20;/h4-5,7-8,10-13H,3,6,9,14-15H2,1-2H3,(H,23,24)(H,25,26);1H. The number of guanidine groups is 1. The van der Waals surface area contributed by atoms with Gasteiger partial charge in [0.1, 0.15) is 11.6 Å². The predicted octanol–water partition coefficient (Wildman–Crippen LogP) is 4.35. The number of halogens is 2. The number of nitrogens with zero attached hydrogens (tertiary/aromatic N) is 3. The van der Waals surface area contributed by atoms with E-state index in [2.05, 4.69) is 27.1 Å². The van der Waals surface area contributed by atoms with Gasteiger partial charge < -0.3 is 15.2 Å². The van der Waals surface area contributed by atoms with E-state index in [1.165, 1.54) is 12.1 Å². The van der Waals surface area contributed by atoms with E-state index in [-0.39, 0.29) is 29.8 Å². The number of hydrogen-bond donors (Lipinski definition) is 2. The molecule has 0 fully saturated rings. The van der Waals surface area contributed by atoms with Crippen molar-refractivity contribution in [3.8, 4) is 0 Å². The number of H-pyrrole nitrogens is 1. The van der Waals surface area contributed by atoms with Crippen molar-refractivity contribution in [1.82, 2.24) is 20.2 Å². The maximum atomic E-state index is 13.1. The van der Waals surface area contributed by atoms with Crippen molar-refractivity contribution < 1.29 is 4.39 Å². The third kappa shape index (κ3) is 6.19. The predicted molar refractivity (Wildman–Crippen MR) is 124 cm³/mol. The van der Waals surface area contributed by atoms with Crippen LogP contribution < -0.4 is 5.32 Å². The molecule has 0 unspecified atom stereocenters. The molecular formula is C21H27FIN5. The Balaban J connectivity index is 0.00000280. The van der Waals surface area contributed by atoms with Gasteiger partial charge in [-0.3, -0.25) is 4.99 Å². The van der Waals surface area contributed by atoms with Gasteiger partial charge in [0.15, 0.2) is 5.96 Å². The monoisotopic (exact) mass is 495 g/mol. The molecule has 0 saturated heterocycles. The van der Waals surface area contributed by atoms with Crippen LogP contribution in [0.1, 0.15) is 24.7 Å². The van der Waals surface area contributed by atoms with Gasteiger partial charge in [0.2, 0.25) is 0 Å². The van der Waals surface area contributed by atoms with Crippen LogP contribution in [0.5, 0.6) is 0 Å². The van der Waals surface area contributed by atoms with Gasteiger partial charge in [-0.2, -0.15) is 0 Å². The smallest absolute Gasteiger partial charge is 0.193 e. The van der Waals surface area contributed by atoms with Gasteiger partial charge in [-0.05, 0) is 43.2 Å². The first-order chi connectivity index (χ1) is 13.2. The number of benzene rings is 2. The second-order valence-electron chi connectivity index (χ2n) is 6.52. The van der Waals surface area contributed by atoms with Crippen LogP contribution in [-0.2, 0) is 13.0 Å². The molecule has 7 heteroatoms. The minimum absolute atomic E-state index is 0. The van der Waals surface area contributed by atoms with Crippen molar-refractivity contribution in [2.75, 3.05) is 20.1 Å². The van der Waals surface area contributed by atoms with E-state index in [9.17, 15) is 4.39 Å². The quantitative estimate of drug-likeness (QED) is 0.222. The third-order valence-electron chi connectivity index (χ3n) is 4.30. The number of aromatic nitrogens is 2. The van der Waals surface area contributed by atoms with E-state index in [4.69, 9.17) is 4.99 Å². The summed E-state index contributed by atoms with van der Waals surface area (Å²) in [6, 6.07) is 14.6. The third-order valence-corrected chi connectivity index (χ3v) is 4.30. The molecule has 0 amide bonds. The lowest BCUT2D eigenvalue weighted by Gasteiger charge is -2.22. The molecule has 0 aliphatic rings. The largest absolute Gasteiger partial charge is 0.357 e. The molecule has 3 aromatic rings. The molecule has 0 saturated carbocycles. The highest BCUT2D eigenvalue weighted by Crippen LogP contribution is 2.11. The summed E-state index contributed by atoms with van der Waals surface area (Å²) in [7, 11) is 1.99. The molecule has 2 aromatic carbocycles. The molecule has 0 atom stereocenters. The SMILES string of the molecule is CCNC(=NCCCc1nc2ccccc2[nH]1)N(C)Cc1ccc(F)cc1.I. The van der Waals surface area contributed by atoms with Crippen LogP contribution in [-0.4, -0.2) is 41.0 Å². The Kier molecular flexibility index (Phi) is 8.69. The molecule has 150 valence electrons. The van der Waals surface area contributed by atoms with Crippen molar-refractivity contribution in [3.05, 3.63) is 65.7 Å². The molecular weight excluding hydrogens is 468 g/mol. The Bertz CT molecular complexity index is 858. The number of aromatic amines is 1. The minimum atomic E-state index is -0.215. The summed E-state index contributed by atoms with van der Waals surface area (Å²) in [5.41, 5.74) is 3.12. The highest BCUT2D eigenvalue weighted by molar-refractivity contribution is 14.0. The summed E-state index contributed by atoms with van der Waals surface area (Å²) in [5, 5.41) is 3.31. The fourth-order valence-corrected chi connectivity index (χ4v) is 2.96. The Labute approximate surface area is 182 Å². The van der Waals surface area contributed by atoms with Crippen LogP contribution in [0.15, 0.2) is 53.5 Å². The lowest BCUT2D eigenvalue weighted by molar-refractivity contribution is 0.476. The molecule has 28 heavy (non-hydrogen) atoms. The molecule has 0 spiro atoms. The number of rotatable bonds is 7. The zero-order valence-corrected chi connectivity index (χ0v) is 18.6. The number of aliphatic imine (C=N–C) groups is 1. The van der Waals surface area contributed by atoms with Gasteiger partial charge in [0.25, 0.3) is 0 Å². The zero-order chi connectivity index (χ0) is 19.1. The van der Waals surface area contributed by atoms with E-state index in [1.54, 1.807) is 12.1 Å². The summed E-state index contributed by atoms with van der Waals surface area (Å²) in [6.45, 7) is 4.24. The normalized spacial score (nSPS) is 11.3. The molecule has 2 N–H and O–H groups in total. The van der Waals surface area contributed by atoms with Gasteiger partial charge in [-0.25, -0.2) is 9.37 Å². The fraction of sp³-hybridized carbons (Fsp3) is 0.333. The van der Waals surface area contributed by atoms with Gasteiger partial charge in [-0.15, -0.1) is 24.0 Å². The average molecular weight is 495 g/mol. The molecule has 0 aliphatic heterocycles. The lowest BCUT2D eigenvalue weighted by Crippen LogP contribution is -2.38. The van der Waals surface area contributed by atoms with Crippen molar-refractivity contribution in [2.24, 2.45) is 4.99 Å². The molecule has 5 nitrogen and oxygen atoms in total. The lowest BCUT2D eigenvalue weighted by atomic mass is 10.2. The first kappa shape index (κ1) is 22.1. The average Bonchev–Trinajstić information content (AvgIpc) is 3.09. The Morgan fingerprint density at radius 1 is 1.18 bits per heavy atom. The van der Waals surface area contributed by atoms with E-state index < -0.39 is 0 Å². The molecule has 0 aliphatic carbocycles. The first-order valence-electron chi connectivity index (χ1n) is 9.33. The van der Waals surface area contributed by atoms with Gasteiger partial charge in [-0.1, -0.05) is 24.3 Å². The Hall–Kier alpha value is -2.16. The summed E-state index contributed by atoms with van der Waals surface area (Å²) < 4.78 is 13.1. The van der Waals surface area contributed by atoms with Crippen molar-refractivity contribution in [1.29, 1.82) is 0 Å². The van der Waals surface area contributed by atoms with Crippen molar-refractivity contribution in [3.63, 3.8) is 0 Å². The Morgan fingerprint density at radius 2 is 1.93 bits per heavy atom. The van der Waals surface area contributed by atoms with Crippen molar-refractivity contribution >= 4 is 41.0 Å². The number of imidazole rings is 1. The molecule has 0 bridgehead atoms. The number of para-hydroxylation sites is 2. The van der Waals surface area contributed by atoms with Crippen LogP contribution in [0.4, 0.5) is 4.39 Å². The first-order valence-corrected chi connectivity index (χ1v) is 9.33. The minimum Gasteiger partial charge on any atom is -0.357 e. The number of fused-ring (bicyclic) bond motifs is 1. The highest BCUT2D eigenvalue weighted by atomic mass is 127. The van der Waals surface area contributed by atoms with Crippen LogP contribution in [0.3, 0.4) is 0 Å². The van der Waals surface area contributed by atoms with E-state index in [0.717, 1.165) is 47.8 Å².